The van der Waals surface area contributed by atoms with Gasteiger partial charge < -0.3 is 20.4 Å². The van der Waals surface area contributed by atoms with Crippen LogP contribution >= 0.6 is 24.0 Å². The molecule has 0 spiro atoms. The molecule has 2 aliphatic heterocycles. The van der Waals surface area contributed by atoms with Crippen molar-refractivity contribution in [1.29, 1.82) is 0 Å². The van der Waals surface area contributed by atoms with Gasteiger partial charge in [-0.25, -0.2) is 0 Å². The van der Waals surface area contributed by atoms with Crippen LogP contribution in [0.4, 0.5) is 0 Å². The zero-order chi connectivity index (χ0) is 18.5. The maximum atomic E-state index is 4.41. The van der Waals surface area contributed by atoms with Gasteiger partial charge in [0.2, 0.25) is 0 Å². The lowest BCUT2D eigenvalue weighted by Gasteiger charge is -2.33. The molecule has 0 saturated carbocycles. The summed E-state index contributed by atoms with van der Waals surface area (Å²) in [6.07, 6.45) is 13.2. The number of likely N-dealkylation sites (tertiary alicyclic amines) is 2. The number of unbranched alkanes of at least 4 members (excludes halogenated alkanes) is 3. The van der Waals surface area contributed by atoms with E-state index in [4.69, 9.17) is 0 Å². The minimum atomic E-state index is 0. The second kappa shape index (κ2) is 15.8. The van der Waals surface area contributed by atoms with Gasteiger partial charge in [-0.05, 0) is 71.1 Å². The molecule has 2 saturated heterocycles. The Morgan fingerprint density at radius 1 is 0.889 bits per heavy atom. The molecule has 0 aliphatic carbocycles. The maximum Gasteiger partial charge on any atom is 0.191 e. The first-order valence-electron chi connectivity index (χ1n) is 11.2. The zero-order valence-corrected chi connectivity index (χ0v) is 20.2. The van der Waals surface area contributed by atoms with Gasteiger partial charge in [0.1, 0.15) is 0 Å². The van der Waals surface area contributed by atoms with Gasteiger partial charge in [0.25, 0.3) is 0 Å². The van der Waals surface area contributed by atoms with E-state index in [9.17, 15) is 0 Å². The zero-order valence-electron chi connectivity index (χ0n) is 17.8. The van der Waals surface area contributed by atoms with Crippen molar-refractivity contribution in [1.82, 2.24) is 20.4 Å². The summed E-state index contributed by atoms with van der Waals surface area (Å²) in [6, 6.07) is 0.582. The number of hydrogen-bond donors (Lipinski definition) is 2. The highest BCUT2D eigenvalue weighted by Crippen LogP contribution is 2.11. The first kappa shape index (κ1) is 25.0. The minimum Gasteiger partial charge on any atom is -0.356 e. The highest BCUT2D eigenvalue weighted by Gasteiger charge is 2.19. The van der Waals surface area contributed by atoms with Crippen LogP contribution in [0.15, 0.2) is 4.99 Å². The number of nitrogens with one attached hydrogen (secondary N) is 2. The molecule has 2 aliphatic rings. The summed E-state index contributed by atoms with van der Waals surface area (Å²) in [5, 5.41) is 7.14. The molecule has 5 nitrogen and oxygen atoms in total. The van der Waals surface area contributed by atoms with Crippen molar-refractivity contribution >= 4 is 29.9 Å². The molecule has 2 N–H and O–H groups in total. The number of piperidine rings is 2. The molecule has 0 bridgehead atoms. The lowest BCUT2D eigenvalue weighted by atomic mass is 10.0. The second-order valence-corrected chi connectivity index (χ2v) is 8.08. The van der Waals surface area contributed by atoms with Crippen LogP contribution in [0.25, 0.3) is 0 Å². The molecule has 0 aromatic carbocycles. The van der Waals surface area contributed by atoms with Gasteiger partial charge >= 0.3 is 0 Å². The van der Waals surface area contributed by atoms with E-state index in [2.05, 4.69) is 32.3 Å². The summed E-state index contributed by atoms with van der Waals surface area (Å²) in [4.78, 5) is 9.67. The van der Waals surface area contributed by atoms with E-state index in [1.165, 1.54) is 103 Å². The first-order valence-corrected chi connectivity index (χ1v) is 11.2. The van der Waals surface area contributed by atoms with Crippen LogP contribution in [0.2, 0.25) is 0 Å². The number of aliphatic imine (C=N–C) groups is 1. The molecule has 6 heteroatoms. The predicted octanol–water partition coefficient (Wildman–Crippen LogP) is 3.69. The van der Waals surface area contributed by atoms with Gasteiger partial charge in [-0.1, -0.05) is 26.2 Å². The van der Waals surface area contributed by atoms with Gasteiger partial charge in [-0.2, -0.15) is 0 Å². The SMILES string of the molecule is CCCCN1CCC(NC(=NC)NCCCCCN2CCCCC2)CC1.I. The first-order chi connectivity index (χ1) is 12.8. The van der Waals surface area contributed by atoms with Gasteiger partial charge in [-0.3, -0.25) is 4.99 Å². The molecule has 0 unspecified atom stereocenters. The summed E-state index contributed by atoms with van der Waals surface area (Å²) >= 11 is 0. The van der Waals surface area contributed by atoms with E-state index in [1.54, 1.807) is 0 Å². The Morgan fingerprint density at radius 2 is 1.56 bits per heavy atom. The summed E-state index contributed by atoms with van der Waals surface area (Å²) < 4.78 is 0. The van der Waals surface area contributed by atoms with Crippen molar-refractivity contribution < 1.29 is 0 Å². The molecular formula is C21H44IN5. The Labute approximate surface area is 185 Å². The van der Waals surface area contributed by atoms with Crippen LogP contribution in [0.1, 0.15) is 71.1 Å². The Hall–Kier alpha value is -0.0800. The number of nitrogens with zero attached hydrogens (tertiary/aromatic N) is 3. The third-order valence-corrected chi connectivity index (χ3v) is 5.87. The molecule has 0 radical (unpaired) electrons. The maximum absolute atomic E-state index is 4.41. The molecule has 27 heavy (non-hydrogen) atoms. The number of guanidine groups is 1. The standard InChI is InChI=1S/C21H43N5.HI/c1-3-4-14-26-18-11-20(12-19-26)24-21(22-2)23-13-7-5-8-15-25-16-9-6-10-17-25;/h20H,3-19H2,1-2H3,(H2,22,23,24);1H. The highest BCUT2D eigenvalue weighted by molar-refractivity contribution is 14.0. The van der Waals surface area contributed by atoms with Crippen molar-refractivity contribution in [2.45, 2.75) is 77.2 Å². The fraction of sp³-hybridized carbons (Fsp3) is 0.952. The van der Waals surface area contributed by atoms with Crippen molar-refractivity contribution in [3.8, 4) is 0 Å². The quantitative estimate of drug-likeness (QED) is 0.211. The summed E-state index contributed by atoms with van der Waals surface area (Å²) in [5.41, 5.74) is 0. The van der Waals surface area contributed by atoms with Crippen molar-refractivity contribution in [3.63, 3.8) is 0 Å². The van der Waals surface area contributed by atoms with Crippen LogP contribution in [0.5, 0.6) is 0 Å². The average Bonchev–Trinajstić information content (AvgIpc) is 2.69. The Balaban J connectivity index is 0.00000364. The lowest BCUT2D eigenvalue weighted by molar-refractivity contribution is 0.203. The molecule has 0 aromatic heterocycles. The van der Waals surface area contributed by atoms with Gasteiger partial charge in [0.05, 0.1) is 0 Å². The third kappa shape index (κ3) is 10.9. The summed E-state index contributed by atoms with van der Waals surface area (Å²) in [7, 11) is 1.89. The molecule has 2 rings (SSSR count). The van der Waals surface area contributed by atoms with E-state index in [0.717, 1.165) is 12.5 Å². The van der Waals surface area contributed by atoms with Crippen LogP contribution in [-0.2, 0) is 0 Å². The predicted molar refractivity (Wildman–Crippen MR) is 128 cm³/mol. The van der Waals surface area contributed by atoms with E-state index in [0.29, 0.717) is 6.04 Å². The fourth-order valence-electron chi connectivity index (χ4n) is 4.10. The van der Waals surface area contributed by atoms with E-state index in [1.807, 2.05) is 7.05 Å². The topological polar surface area (TPSA) is 42.9 Å². The number of halogens is 1. The van der Waals surface area contributed by atoms with E-state index in [-0.39, 0.29) is 24.0 Å². The molecule has 2 heterocycles. The lowest BCUT2D eigenvalue weighted by Crippen LogP contribution is -2.48. The smallest absolute Gasteiger partial charge is 0.191 e. The number of rotatable bonds is 10. The Kier molecular flexibility index (Phi) is 14.6. The van der Waals surface area contributed by atoms with Gasteiger partial charge in [0, 0.05) is 32.7 Å². The van der Waals surface area contributed by atoms with Crippen molar-refractivity contribution in [2.75, 3.05) is 52.9 Å². The molecular weight excluding hydrogens is 449 g/mol. The second-order valence-electron chi connectivity index (χ2n) is 8.08. The Bertz CT molecular complexity index is 377. The van der Waals surface area contributed by atoms with E-state index >= 15 is 0 Å². The summed E-state index contributed by atoms with van der Waals surface area (Å²) in [6.45, 7) is 11.0. The third-order valence-electron chi connectivity index (χ3n) is 5.87. The average molecular weight is 494 g/mol. The van der Waals surface area contributed by atoms with Crippen molar-refractivity contribution in [3.05, 3.63) is 0 Å². The van der Waals surface area contributed by atoms with Gasteiger partial charge in [0.15, 0.2) is 5.96 Å². The largest absolute Gasteiger partial charge is 0.356 e. The monoisotopic (exact) mass is 493 g/mol. The molecule has 160 valence electrons. The molecule has 0 aromatic rings. The number of hydrogen-bond acceptors (Lipinski definition) is 3. The van der Waals surface area contributed by atoms with Crippen LogP contribution in [0, 0.1) is 0 Å². The summed E-state index contributed by atoms with van der Waals surface area (Å²) in [5.74, 6) is 0.994. The van der Waals surface area contributed by atoms with Gasteiger partial charge in [-0.15, -0.1) is 24.0 Å². The Morgan fingerprint density at radius 3 is 2.22 bits per heavy atom. The van der Waals surface area contributed by atoms with E-state index < -0.39 is 0 Å². The minimum absolute atomic E-state index is 0. The molecule has 0 amide bonds. The fourth-order valence-corrected chi connectivity index (χ4v) is 4.10. The van der Waals surface area contributed by atoms with Crippen molar-refractivity contribution in [2.24, 2.45) is 4.99 Å². The van der Waals surface area contributed by atoms with Crippen LogP contribution < -0.4 is 10.6 Å². The van der Waals surface area contributed by atoms with Crippen LogP contribution in [-0.4, -0.2) is 74.7 Å². The molecule has 0 atom stereocenters. The molecule has 2 fully saturated rings. The van der Waals surface area contributed by atoms with Crippen LogP contribution in [0.3, 0.4) is 0 Å². The normalized spacial score (nSPS) is 20.3. The highest BCUT2D eigenvalue weighted by atomic mass is 127.